The lowest BCUT2D eigenvalue weighted by molar-refractivity contribution is -0.123. The van der Waals surface area contributed by atoms with Gasteiger partial charge in [0, 0.05) is 15.1 Å². The number of hydrogen-bond donors (Lipinski definition) is 1. The van der Waals surface area contributed by atoms with Crippen molar-refractivity contribution in [2.45, 2.75) is 6.92 Å². The van der Waals surface area contributed by atoms with Gasteiger partial charge < -0.3 is 9.47 Å². The van der Waals surface area contributed by atoms with E-state index < -0.39 is 11.9 Å². The predicted octanol–water partition coefficient (Wildman–Crippen LogP) is 5.16. The predicted molar refractivity (Wildman–Crippen MR) is 123 cm³/mol. The summed E-state index contributed by atoms with van der Waals surface area (Å²) in [4.78, 5) is 24.5. The Morgan fingerprint density at radius 3 is 2.68 bits per heavy atom. The maximum absolute atomic E-state index is 12.5. The minimum Gasteiger partial charge on any atom is -0.484 e. The molecule has 0 aliphatic heterocycles. The third-order valence-electron chi connectivity index (χ3n) is 4.10. The first-order chi connectivity index (χ1) is 14.9. The van der Waals surface area contributed by atoms with Crippen LogP contribution >= 0.6 is 27.5 Å². The molecule has 1 N–H and O–H groups in total. The van der Waals surface area contributed by atoms with E-state index in [9.17, 15) is 9.59 Å². The van der Waals surface area contributed by atoms with E-state index in [4.69, 9.17) is 21.1 Å². The summed E-state index contributed by atoms with van der Waals surface area (Å²) in [5.74, 6) is -0.146. The van der Waals surface area contributed by atoms with Crippen molar-refractivity contribution >= 4 is 45.6 Å². The van der Waals surface area contributed by atoms with Gasteiger partial charge in [0.05, 0.1) is 11.8 Å². The van der Waals surface area contributed by atoms with Gasteiger partial charge in [0.15, 0.2) is 6.61 Å². The van der Waals surface area contributed by atoms with E-state index in [2.05, 4.69) is 26.5 Å². The molecule has 0 radical (unpaired) electrons. The molecule has 158 valence electrons. The molecule has 0 bridgehead atoms. The van der Waals surface area contributed by atoms with Crippen molar-refractivity contribution in [2.75, 3.05) is 6.61 Å². The highest BCUT2D eigenvalue weighted by Gasteiger charge is 2.13. The molecule has 0 unspecified atom stereocenters. The van der Waals surface area contributed by atoms with Crippen LogP contribution in [0.3, 0.4) is 0 Å². The van der Waals surface area contributed by atoms with Gasteiger partial charge in [-0.2, -0.15) is 5.10 Å². The maximum atomic E-state index is 12.5. The van der Waals surface area contributed by atoms with Crippen LogP contribution in [0, 0.1) is 6.92 Å². The molecule has 0 aromatic heterocycles. The van der Waals surface area contributed by atoms with Gasteiger partial charge in [-0.15, -0.1) is 0 Å². The Hall–Kier alpha value is -3.16. The first-order valence-electron chi connectivity index (χ1n) is 9.20. The van der Waals surface area contributed by atoms with E-state index in [1.54, 1.807) is 54.6 Å². The van der Waals surface area contributed by atoms with Gasteiger partial charge in [0.1, 0.15) is 11.5 Å². The summed E-state index contributed by atoms with van der Waals surface area (Å²) in [5.41, 5.74) is 4.16. The lowest BCUT2D eigenvalue weighted by Crippen LogP contribution is -2.24. The number of amides is 1. The van der Waals surface area contributed by atoms with Crippen molar-refractivity contribution in [3.05, 3.63) is 92.9 Å². The Kier molecular flexibility index (Phi) is 7.81. The molecule has 3 aromatic rings. The summed E-state index contributed by atoms with van der Waals surface area (Å²) < 4.78 is 11.7. The third kappa shape index (κ3) is 6.67. The standard InChI is InChI=1S/C23H18BrClN2O4/c1-15-5-2-3-8-20(15)23(29)31-21-10-9-17(24)11-16(21)13-26-27-22(28)14-30-19-7-4-6-18(25)12-19/h2-13H,14H2,1H3,(H,27,28)/b26-13+. The molecular weight excluding hydrogens is 484 g/mol. The zero-order chi connectivity index (χ0) is 22.2. The monoisotopic (exact) mass is 500 g/mol. The number of halogens is 2. The smallest absolute Gasteiger partial charge is 0.343 e. The van der Waals surface area contributed by atoms with Crippen LogP contribution in [0.15, 0.2) is 76.3 Å². The molecule has 0 fully saturated rings. The number of carbonyl (C=O) groups excluding carboxylic acids is 2. The molecule has 3 aromatic carbocycles. The second-order valence-corrected chi connectivity index (χ2v) is 7.78. The highest BCUT2D eigenvalue weighted by atomic mass is 79.9. The number of rotatable bonds is 7. The highest BCUT2D eigenvalue weighted by Crippen LogP contribution is 2.23. The third-order valence-corrected chi connectivity index (χ3v) is 4.83. The van der Waals surface area contributed by atoms with Gasteiger partial charge in [-0.1, -0.05) is 51.8 Å². The minimum atomic E-state index is -0.478. The maximum Gasteiger partial charge on any atom is 0.343 e. The number of ether oxygens (including phenoxy) is 2. The Morgan fingerprint density at radius 2 is 1.90 bits per heavy atom. The number of carbonyl (C=O) groups is 2. The first-order valence-corrected chi connectivity index (χ1v) is 10.4. The van der Waals surface area contributed by atoms with Crippen molar-refractivity contribution in [1.82, 2.24) is 5.43 Å². The minimum absolute atomic E-state index is 0.231. The zero-order valence-corrected chi connectivity index (χ0v) is 18.8. The summed E-state index contributed by atoms with van der Waals surface area (Å²) >= 11 is 9.26. The fraction of sp³-hybridized carbons (Fsp3) is 0.0870. The summed E-state index contributed by atoms with van der Waals surface area (Å²) in [6.45, 7) is 1.60. The number of esters is 1. The number of benzene rings is 3. The Bertz CT molecular complexity index is 1130. The van der Waals surface area contributed by atoms with Gasteiger partial charge in [-0.25, -0.2) is 10.2 Å². The zero-order valence-electron chi connectivity index (χ0n) is 16.5. The fourth-order valence-electron chi connectivity index (χ4n) is 2.58. The Labute approximate surface area is 193 Å². The first kappa shape index (κ1) is 22.5. The van der Waals surface area contributed by atoms with Gasteiger partial charge >= 0.3 is 5.97 Å². The quantitative estimate of drug-likeness (QED) is 0.210. The van der Waals surface area contributed by atoms with E-state index in [0.29, 0.717) is 27.6 Å². The van der Waals surface area contributed by atoms with E-state index in [0.717, 1.165) is 10.0 Å². The second kappa shape index (κ2) is 10.7. The summed E-state index contributed by atoms with van der Waals surface area (Å²) in [6, 6.07) is 19.0. The van der Waals surface area contributed by atoms with Crippen molar-refractivity contribution < 1.29 is 19.1 Å². The molecule has 0 atom stereocenters. The van der Waals surface area contributed by atoms with Crippen LogP contribution in [-0.4, -0.2) is 24.7 Å². The van der Waals surface area contributed by atoms with Crippen molar-refractivity contribution in [1.29, 1.82) is 0 Å². The second-order valence-electron chi connectivity index (χ2n) is 6.43. The molecule has 3 rings (SSSR count). The van der Waals surface area contributed by atoms with Crippen LogP contribution in [0.25, 0.3) is 0 Å². The Balaban J connectivity index is 1.63. The number of hydrogen-bond acceptors (Lipinski definition) is 5. The highest BCUT2D eigenvalue weighted by molar-refractivity contribution is 9.10. The van der Waals surface area contributed by atoms with E-state index in [1.165, 1.54) is 6.21 Å². The van der Waals surface area contributed by atoms with Gasteiger partial charge in [-0.05, 0) is 55.0 Å². The lowest BCUT2D eigenvalue weighted by atomic mass is 10.1. The normalized spacial score (nSPS) is 10.7. The van der Waals surface area contributed by atoms with Crippen LogP contribution in [0.5, 0.6) is 11.5 Å². The van der Waals surface area contributed by atoms with Crippen LogP contribution in [0.2, 0.25) is 5.02 Å². The molecule has 1 amide bonds. The van der Waals surface area contributed by atoms with Crippen LogP contribution < -0.4 is 14.9 Å². The fourth-order valence-corrected chi connectivity index (χ4v) is 3.14. The number of nitrogens with zero attached hydrogens (tertiary/aromatic N) is 1. The van der Waals surface area contributed by atoms with Crippen molar-refractivity contribution in [3.63, 3.8) is 0 Å². The summed E-state index contributed by atoms with van der Waals surface area (Å²) in [6.07, 6.45) is 1.39. The number of nitrogens with one attached hydrogen (secondary N) is 1. The van der Waals surface area contributed by atoms with Gasteiger partial charge in [0.25, 0.3) is 5.91 Å². The number of hydrazone groups is 1. The topological polar surface area (TPSA) is 77.0 Å². The van der Waals surface area contributed by atoms with Crippen molar-refractivity contribution in [3.8, 4) is 11.5 Å². The van der Waals surface area contributed by atoms with Crippen LogP contribution in [0.1, 0.15) is 21.5 Å². The van der Waals surface area contributed by atoms with Crippen LogP contribution in [0.4, 0.5) is 0 Å². The lowest BCUT2D eigenvalue weighted by Gasteiger charge is -2.09. The largest absolute Gasteiger partial charge is 0.484 e. The summed E-state index contributed by atoms with van der Waals surface area (Å²) in [7, 11) is 0. The number of aryl methyl sites for hydroxylation is 1. The average molecular weight is 502 g/mol. The van der Waals surface area contributed by atoms with Crippen LogP contribution in [-0.2, 0) is 4.79 Å². The molecule has 0 saturated heterocycles. The van der Waals surface area contributed by atoms with Crippen molar-refractivity contribution in [2.24, 2.45) is 5.10 Å². The molecule has 6 nitrogen and oxygen atoms in total. The molecule has 0 spiro atoms. The molecule has 0 heterocycles. The molecular formula is C23H18BrClN2O4. The average Bonchev–Trinajstić information content (AvgIpc) is 2.74. The van der Waals surface area contributed by atoms with E-state index in [1.807, 2.05) is 19.1 Å². The van der Waals surface area contributed by atoms with Gasteiger partial charge in [0.2, 0.25) is 0 Å². The SMILES string of the molecule is Cc1ccccc1C(=O)Oc1ccc(Br)cc1/C=N/NC(=O)COc1cccc(Cl)c1. The van der Waals surface area contributed by atoms with Gasteiger partial charge in [-0.3, -0.25) is 4.79 Å². The molecule has 0 aliphatic rings. The van der Waals surface area contributed by atoms with E-state index in [-0.39, 0.29) is 6.61 Å². The molecule has 8 heteroatoms. The Morgan fingerprint density at radius 1 is 1.10 bits per heavy atom. The molecule has 0 aliphatic carbocycles. The summed E-state index contributed by atoms with van der Waals surface area (Å²) in [5, 5.41) is 4.44. The van der Waals surface area contributed by atoms with E-state index >= 15 is 0 Å². The molecule has 0 saturated carbocycles. The molecule has 31 heavy (non-hydrogen) atoms.